The summed E-state index contributed by atoms with van der Waals surface area (Å²) >= 11 is 0. The number of rotatable bonds is 3. The Labute approximate surface area is 132 Å². The highest BCUT2D eigenvalue weighted by Crippen LogP contribution is 2.50. The largest absolute Gasteiger partial charge is 0.496 e. The van der Waals surface area contributed by atoms with Gasteiger partial charge < -0.3 is 9.84 Å². The molecule has 1 saturated carbocycles. The minimum atomic E-state index is -0.588. The molecule has 4 nitrogen and oxygen atoms in total. The normalized spacial score (nSPS) is 32.0. The summed E-state index contributed by atoms with van der Waals surface area (Å²) in [5, 5.41) is 20.3. The average molecular weight is 300 g/mol. The maximum atomic E-state index is 11.1. The minimum Gasteiger partial charge on any atom is -0.496 e. The second-order valence-electron chi connectivity index (χ2n) is 6.52. The summed E-state index contributed by atoms with van der Waals surface area (Å²) < 4.78 is 5.55. The van der Waals surface area contributed by atoms with E-state index in [-0.39, 0.29) is 12.0 Å². The van der Waals surface area contributed by atoms with Crippen LogP contribution in [0.1, 0.15) is 43.7 Å². The van der Waals surface area contributed by atoms with Gasteiger partial charge in [-0.05, 0) is 25.3 Å². The van der Waals surface area contributed by atoms with Crippen LogP contribution in [0.25, 0.3) is 0 Å². The van der Waals surface area contributed by atoms with E-state index in [1.807, 2.05) is 18.2 Å². The average Bonchev–Trinajstić information content (AvgIpc) is 2.55. The number of nitrogens with zero attached hydrogens (tertiary/aromatic N) is 2. The minimum absolute atomic E-state index is 0.0647. The Morgan fingerprint density at radius 1 is 1.36 bits per heavy atom. The lowest BCUT2D eigenvalue weighted by Crippen LogP contribution is -2.54. The van der Waals surface area contributed by atoms with Gasteiger partial charge in [-0.25, -0.2) is 0 Å². The summed E-state index contributed by atoms with van der Waals surface area (Å²) in [5.41, 5.74) is 0.515. The van der Waals surface area contributed by atoms with E-state index in [1.54, 1.807) is 7.11 Å². The third-order valence-corrected chi connectivity index (χ3v) is 5.40. The Kier molecular flexibility index (Phi) is 4.37. The zero-order valence-electron chi connectivity index (χ0n) is 13.2. The van der Waals surface area contributed by atoms with Crippen LogP contribution in [0.15, 0.2) is 24.3 Å². The van der Waals surface area contributed by atoms with Crippen LogP contribution >= 0.6 is 0 Å². The third kappa shape index (κ3) is 2.60. The van der Waals surface area contributed by atoms with Crippen molar-refractivity contribution in [1.29, 1.82) is 5.26 Å². The number of para-hydroxylation sites is 1. The molecule has 0 unspecified atom stereocenters. The summed E-state index contributed by atoms with van der Waals surface area (Å²) in [4.78, 5) is 2.21. The number of hydrogen-bond donors (Lipinski definition) is 1. The Bertz CT molecular complexity index is 568. The molecule has 1 aliphatic carbocycles. The molecule has 0 radical (unpaired) electrons. The van der Waals surface area contributed by atoms with Gasteiger partial charge in [0.2, 0.25) is 0 Å². The number of likely N-dealkylation sites (tertiary alicyclic amines) is 1. The summed E-state index contributed by atoms with van der Waals surface area (Å²) in [6.45, 7) is 1.17. The van der Waals surface area contributed by atoms with E-state index < -0.39 is 5.60 Å². The molecule has 1 aliphatic heterocycles. The SMILES string of the molecule is COc1ccccc1[C@H]1[C@H]2CCCC[C@@]2(O)CCN1CC#N. The molecule has 1 saturated heterocycles. The Morgan fingerprint density at radius 2 is 2.18 bits per heavy atom. The van der Waals surface area contributed by atoms with Gasteiger partial charge in [-0.1, -0.05) is 31.0 Å². The molecule has 0 spiro atoms. The van der Waals surface area contributed by atoms with Crippen LogP contribution in [0.5, 0.6) is 5.75 Å². The quantitative estimate of drug-likeness (QED) is 0.872. The molecule has 1 aromatic carbocycles. The lowest BCUT2D eigenvalue weighted by Gasteiger charge is -2.52. The van der Waals surface area contributed by atoms with Crippen LogP contribution in [0.3, 0.4) is 0 Å². The first kappa shape index (κ1) is 15.3. The van der Waals surface area contributed by atoms with Crippen LogP contribution in [0.4, 0.5) is 0 Å². The van der Waals surface area contributed by atoms with Crippen molar-refractivity contribution in [2.45, 2.75) is 43.7 Å². The van der Waals surface area contributed by atoms with Gasteiger partial charge in [0.25, 0.3) is 0 Å². The molecule has 22 heavy (non-hydrogen) atoms. The molecule has 1 heterocycles. The molecule has 3 rings (SSSR count). The highest BCUT2D eigenvalue weighted by Gasteiger charge is 2.49. The molecule has 2 fully saturated rings. The summed E-state index contributed by atoms with van der Waals surface area (Å²) in [7, 11) is 1.68. The molecule has 1 N–H and O–H groups in total. The van der Waals surface area contributed by atoms with Gasteiger partial charge in [-0.2, -0.15) is 5.26 Å². The third-order valence-electron chi connectivity index (χ3n) is 5.40. The van der Waals surface area contributed by atoms with Crippen LogP contribution in [0, 0.1) is 17.2 Å². The number of ether oxygens (including phenoxy) is 1. The zero-order valence-corrected chi connectivity index (χ0v) is 13.2. The second kappa shape index (κ2) is 6.28. The molecule has 3 atom stereocenters. The smallest absolute Gasteiger partial charge is 0.123 e. The highest BCUT2D eigenvalue weighted by atomic mass is 16.5. The first-order valence-electron chi connectivity index (χ1n) is 8.16. The second-order valence-corrected chi connectivity index (χ2v) is 6.52. The van der Waals surface area contributed by atoms with E-state index in [4.69, 9.17) is 4.74 Å². The monoisotopic (exact) mass is 300 g/mol. The number of methoxy groups -OCH3 is 1. The van der Waals surface area contributed by atoms with Crippen LogP contribution in [0.2, 0.25) is 0 Å². The first-order valence-corrected chi connectivity index (χ1v) is 8.16. The van der Waals surface area contributed by atoms with Crippen molar-refractivity contribution in [2.24, 2.45) is 5.92 Å². The van der Waals surface area contributed by atoms with Crippen molar-refractivity contribution in [3.05, 3.63) is 29.8 Å². The summed E-state index contributed by atoms with van der Waals surface area (Å²) in [6.07, 6.45) is 4.92. The number of aliphatic hydroxyl groups is 1. The lowest BCUT2D eigenvalue weighted by atomic mass is 9.66. The molecule has 118 valence electrons. The Morgan fingerprint density at radius 3 is 2.95 bits per heavy atom. The fourth-order valence-electron chi connectivity index (χ4n) is 4.33. The van der Waals surface area contributed by atoms with Gasteiger partial charge >= 0.3 is 0 Å². The van der Waals surface area contributed by atoms with Crippen LogP contribution < -0.4 is 4.74 Å². The lowest BCUT2D eigenvalue weighted by molar-refractivity contribution is -0.122. The van der Waals surface area contributed by atoms with Crippen LogP contribution in [-0.2, 0) is 0 Å². The van der Waals surface area contributed by atoms with E-state index in [2.05, 4.69) is 17.0 Å². The van der Waals surface area contributed by atoms with Gasteiger partial charge in [0.05, 0.1) is 25.3 Å². The van der Waals surface area contributed by atoms with Crippen molar-refractivity contribution in [3.8, 4) is 11.8 Å². The molecule has 0 bridgehead atoms. The molecule has 2 aliphatic rings. The van der Waals surface area contributed by atoms with Crippen LogP contribution in [-0.4, -0.2) is 35.8 Å². The standard InChI is InChI=1S/C18H24N2O2/c1-22-16-8-3-2-6-14(16)17-15-7-4-5-9-18(15,21)10-12-20(17)13-11-19/h2-3,6,8,15,17,21H,4-5,7,9-10,12-13H2,1H3/t15-,17+,18-/m1/s1. The van der Waals surface area contributed by atoms with E-state index in [9.17, 15) is 10.4 Å². The molecular weight excluding hydrogens is 276 g/mol. The topological polar surface area (TPSA) is 56.5 Å². The summed E-state index contributed by atoms with van der Waals surface area (Å²) in [5.74, 6) is 1.03. The number of benzene rings is 1. The fourth-order valence-corrected chi connectivity index (χ4v) is 4.33. The predicted molar refractivity (Wildman–Crippen MR) is 84.4 cm³/mol. The van der Waals surface area contributed by atoms with E-state index in [0.29, 0.717) is 6.54 Å². The Hall–Kier alpha value is -1.57. The predicted octanol–water partition coefficient (Wildman–Crippen LogP) is 2.89. The molecular formula is C18H24N2O2. The molecule has 0 amide bonds. The zero-order chi connectivity index (χ0) is 15.6. The van der Waals surface area contributed by atoms with Crippen molar-refractivity contribution in [3.63, 3.8) is 0 Å². The molecule has 4 heteroatoms. The number of nitriles is 1. The highest BCUT2D eigenvalue weighted by molar-refractivity contribution is 5.37. The Balaban J connectivity index is 2.03. The number of hydrogen-bond acceptors (Lipinski definition) is 4. The van der Waals surface area contributed by atoms with Crippen molar-refractivity contribution in [2.75, 3.05) is 20.2 Å². The molecule has 1 aromatic rings. The fraction of sp³-hybridized carbons (Fsp3) is 0.611. The molecule has 0 aromatic heterocycles. The van der Waals surface area contributed by atoms with E-state index >= 15 is 0 Å². The number of piperidine rings is 1. The maximum absolute atomic E-state index is 11.1. The van der Waals surface area contributed by atoms with Gasteiger partial charge in [-0.15, -0.1) is 0 Å². The van der Waals surface area contributed by atoms with Crippen molar-refractivity contribution >= 4 is 0 Å². The van der Waals surface area contributed by atoms with Crippen molar-refractivity contribution in [1.82, 2.24) is 4.90 Å². The maximum Gasteiger partial charge on any atom is 0.123 e. The number of fused-ring (bicyclic) bond motifs is 1. The van der Waals surface area contributed by atoms with Gasteiger partial charge in [-0.3, -0.25) is 4.90 Å². The van der Waals surface area contributed by atoms with Gasteiger partial charge in [0.1, 0.15) is 5.75 Å². The van der Waals surface area contributed by atoms with E-state index in [0.717, 1.165) is 50.0 Å². The summed E-state index contributed by atoms with van der Waals surface area (Å²) in [6, 6.07) is 10.4. The van der Waals surface area contributed by atoms with Gasteiger partial charge in [0, 0.05) is 24.1 Å². The first-order chi connectivity index (χ1) is 10.7. The van der Waals surface area contributed by atoms with Gasteiger partial charge in [0.15, 0.2) is 0 Å². The van der Waals surface area contributed by atoms with Crippen molar-refractivity contribution < 1.29 is 9.84 Å². The van der Waals surface area contributed by atoms with E-state index in [1.165, 1.54) is 0 Å².